The monoisotopic (exact) mass is 435 g/mol. The van der Waals surface area contributed by atoms with Gasteiger partial charge >= 0.3 is 0 Å². The maximum atomic E-state index is 12.6. The zero-order chi connectivity index (χ0) is 22.7. The SMILES string of the molecule is N#Cc1ccc(N2CC[C@@H](NC(=O)c3ccc(C(=O)N4CCC(O)CC4)cn3)C2)cc1O. The Morgan fingerprint density at radius 1 is 1.12 bits per heavy atom. The number of amides is 2. The summed E-state index contributed by atoms with van der Waals surface area (Å²) in [6, 6.07) is 9.92. The molecule has 0 bridgehead atoms. The van der Waals surface area contributed by atoms with E-state index in [-0.39, 0.29) is 41.0 Å². The van der Waals surface area contributed by atoms with Gasteiger partial charge in [-0.15, -0.1) is 0 Å². The fourth-order valence-corrected chi connectivity index (χ4v) is 4.09. The maximum absolute atomic E-state index is 12.6. The average Bonchev–Trinajstić information content (AvgIpc) is 3.27. The third-order valence-corrected chi connectivity index (χ3v) is 5.99. The average molecular weight is 435 g/mol. The highest BCUT2D eigenvalue weighted by atomic mass is 16.3. The molecule has 0 unspecified atom stereocenters. The third kappa shape index (κ3) is 4.65. The van der Waals surface area contributed by atoms with E-state index in [0.717, 1.165) is 12.1 Å². The van der Waals surface area contributed by atoms with Crippen LogP contribution >= 0.6 is 0 Å². The lowest BCUT2D eigenvalue weighted by Gasteiger charge is -2.29. The predicted octanol–water partition coefficient (Wildman–Crippen LogP) is 1.26. The summed E-state index contributed by atoms with van der Waals surface area (Å²) < 4.78 is 0. The van der Waals surface area contributed by atoms with Crippen LogP contribution in [0.5, 0.6) is 5.75 Å². The van der Waals surface area contributed by atoms with E-state index in [1.807, 2.05) is 11.0 Å². The van der Waals surface area contributed by atoms with Crippen LogP contribution in [0.1, 0.15) is 45.7 Å². The van der Waals surface area contributed by atoms with Gasteiger partial charge in [-0.25, -0.2) is 0 Å². The minimum Gasteiger partial charge on any atom is -0.506 e. The second-order valence-corrected chi connectivity index (χ2v) is 8.17. The van der Waals surface area contributed by atoms with E-state index in [9.17, 15) is 19.8 Å². The summed E-state index contributed by atoms with van der Waals surface area (Å²) in [5.74, 6) is -0.509. The lowest BCUT2D eigenvalue weighted by molar-refractivity contribution is 0.0545. The molecule has 2 aromatic rings. The van der Waals surface area contributed by atoms with Gasteiger partial charge in [-0.2, -0.15) is 5.26 Å². The number of piperidine rings is 1. The molecule has 0 aliphatic carbocycles. The number of anilines is 1. The van der Waals surface area contributed by atoms with Crippen LogP contribution in [0.15, 0.2) is 36.5 Å². The zero-order valence-electron chi connectivity index (χ0n) is 17.6. The number of nitrogens with zero attached hydrogens (tertiary/aromatic N) is 4. The normalized spacial score (nSPS) is 18.9. The molecule has 0 spiro atoms. The Balaban J connectivity index is 1.33. The number of aliphatic hydroxyl groups excluding tert-OH is 1. The summed E-state index contributed by atoms with van der Waals surface area (Å²) >= 11 is 0. The molecule has 2 aliphatic heterocycles. The van der Waals surface area contributed by atoms with Crippen molar-refractivity contribution in [3.63, 3.8) is 0 Å². The number of phenolic OH excluding ortho intramolecular Hbond substituents is 1. The summed E-state index contributed by atoms with van der Waals surface area (Å²) in [4.78, 5) is 33.1. The number of carbonyl (C=O) groups excluding carboxylic acids is 2. The number of aromatic hydroxyl groups is 1. The second kappa shape index (κ2) is 9.24. The van der Waals surface area contributed by atoms with Crippen LogP contribution in [-0.4, -0.2) is 70.2 Å². The molecule has 9 nitrogen and oxygen atoms in total. The predicted molar refractivity (Wildman–Crippen MR) is 116 cm³/mol. The Morgan fingerprint density at radius 2 is 1.91 bits per heavy atom. The van der Waals surface area contributed by atoms with Crippen LogP contribution in [-0.2, 0) is 0 Å². The van der Waals surface area contributed by atoms with E-state index in [1.165, 1.54) is 6.20 Å². The van der Waals surface area contributed by atoms with E-state index < -0.39 is 0 Å². The van der Waals surface area contributed by atoms with Crippen molar-refractivity contribution in [1.82, 2.24) is 15.2 Å². The van der Waals surface area contributed by atoms with Crippen LogP contribution in [0.3, 0.4) is 0 Å². The molecule has 2 amide bonds. The van der Waals surface area contributed by atoms with Crippen LogP contribution in [0.4, 0.5) is 5.69 Å². The number of hydrogen-bond acceptors (Lipinski definition) is 7. The van der Waals surface area contributed by atoms with Gasteiger partial charge in [-0.1, -0.05) is 0 Å². The summed E-state index contributed by atoms with van der Waals surface area (Å²) in [7, 11) is 0. The van der Waals surface area contributed by atoms with Gasteiger partial charge in [-0.05, 0) is 43.5 Å². The van der Waals surface area contributed by atoms with Crippen molar-refractivity contribution in [1.29, 1.82) is 5.26 Å². The standard InChI is InChI=1S/C23H25N5O4/c24-12-15-1-3-18(11-21(15)30)28-8-5-17(14-28)26-22(31)20-4-2-16(13-25-20)23(32)27-9-6-19(29)7-10-27/h1-4,11,13,17,19,29-30H,5-10,14H2,(H,26,31)/t17-/m1/s1. The first-order chi connectivity index (χ1) is 15.4. The fourth-order valence-electron chi connectivity index (χ4n) is 4.09. The van der Waals surface area contributed by atoms with Gasteiger partial charge in [0.1, 0.15) is 17.5 Å². The van der Waals surface area contributed by atoms with Crippen molar-refractivity contribution in [3.8, 4) is 11.8 Å². The number of carbonyl (C=O) groups is 2. The molecule has 2 saturated heterocycles. The van der Waals surface area contributed by atoms with Crippen molar-refractivity contribution in [3.05, 3.63) is 53.3 Å². The van der Waals surface area contributed by atoms with Crippen LogP contribution in [0.25, 0.3) is 0 Å². The number of nitriles is 1. The summed E-state index contributed by atoms with van der Waals surface area (Å²) in [5.41, 5.74) is 1.68. The van der Waals surface area contributed by atoms with E-state index in [1.54, 1.807) is 35.2 Å². The van der Waals surface area contributed by atoms with Gasteiger partial charge in [-0.3, -0.25) is 14.6 Å². The van der Waals surface area contributed by atoms with E-state index in [4.69, 9.17) is 5.26 Å². The van der Waals surface area contributed by atoms with E-state index in [0.29, 0.717) is 44.6 Å². The lowest BCUT2D eigenvalue weighted by atomic mass is 10.1. The highest BCUT2D eigenvalue weighted by Gasteiger charge is 2.26. The Bertz CT molecular complexity index is 1040. The van der Waals surface area contributed by atoms with E-state index >= 15 is 0 Å². The van der Waals surface area contributed by atoms with Gasteiger partial charge in [0.25, 0.3) is 11.8 Å². The number of pyridine rings is 1. The van der Waals surface area contributed by atoms with Gasteiger partial charge in [0, 0.05) is 50.2 Å². The number of aromatic nitrogens is 1. The van der Waals surface area contributed by atoms with Crippen molar-refractivity contribution >= 4 is 17.5 Å². The minimum absolute atomic E-state index is 0.0583. The summed E-state index contributed by atoms with van der Waals surface area (Å²) in [6.07, 6.45) is 2.95. The lowest BCUT2D eigenvalue weighted by Crippen LogP contribution is -2.40. The first-order valence-corrected chi connectivity index (χ1v) is 10.7. The molecule has 3 N–H and O–H groups in total. The van der Waals surface area contributed by atoms with Crippen molar-refractivity contribution in [2.24, 2.45) is 0 Å². The number of nitrogens with one attached hydrogen (secondary N) is 1. The molecule has 1 aromatic carbocycles. The molecular formula is C23H25N5O4. The molecule has 1 aromatic heterocycles. The minimum atomic E-state index is -0.350. The number of aliphatic hydroxyl groups is 1. The van der Waals surface area contributed by atoms with E-state index in [2.05, 4.69) is 10.3 Å². The Kier molecular flexibility index (Phi) is 6.23. The van der Waals surface area contributed by atoms with Crippen molar-refractivity contribution in [2.45, 2.75) is 31.4 Å². The maximum Gasteiger partial charge on any atom is 0.270 e. The molecule has 0 radical (unpaired) electrons. The van der Waals surface area contributed by atoms with Gasteiger partial charge in [0.15, 0.2) is 0 Å². The second-order valence-electron chi connectivity index (χ2n) is 8.17. The highest BCUT2D eigenvalue weighted by molar-refractivity contribution is 5.96. The van der Waals surface area contributed by atoms with Crippen LogP contribution in [0, 0.1) is 11.3 Å². The van der Waals surface area contributed by atoms with Gasteiger partial charge in [0.2, 0.25) is 0 Å². The smallest absolute Gasteiger partial charge is 0.270 e. The van der Waals surface area contributed by atoms with Crippen molar-refractivity contribution in [2.75, 3.05) is 31.1 Å². The topological polar surface area (TPSA) is 130 Å². The first kappa shape index (κ1) is 21.6. The molecule has 3 heterocycles. The summed E-state index contributed by atoms with van der Waals surface area (Å²) in [6.45, 7) is 2.31. The summed E-state index contributed by atoms with van der Waals surface area (Å²) in [5, 5.41) is 31.4. The van der Waals surface area contributed by atoms with Gasteiger partial charge in [0.05, 0.1) is 17.2 Å². The molecule has 2 fully saturated rings. The first-order valence-electron chi connectivity index (χ1n) is 10.7. The number of likely N-dealkylation sites (tertiary alicyclic amines) is 1. The molecule has 32 heavy (non-hydrogen) atoms. The third-order valence-electron chi connectivity index (χ3n) is 5.99. The Hall–Kier alpha value is -3.64. The molecule has 0 saturated carbocycles. The molecule has 1 atom stereocenters. The Labute approximate surface area is 185 Å². The molecule has 2 aliphatic rings. The molecular weight excluding hydrogens is 410 g/mol. The number of hydrogen-bond donors (Lipinski definition) is 3. The Morgan fingerprint density at radius 3 is 2.56 bits per heavy atom. The van der Waals surface area contributed by atoms with Gasteiger partial charge < -0.3 is 25.3 Å². The quantitative estimate of drug-likeness (QED) is 0.659. The number of benzene rings is 1. The van der Waals surface area contributed by atoms with Crippen molar-refractivity contribution < 1.29 is 19.8 Å². The van der Waals surface area contributed by atoms with Crippen LogP contribution < -0.4 is 10.2 Å². The molecule has 9 heteroatoms. The molecule has 166 valence electrons. The largest absolute Gasteiger partial charge is 0.506 e. The number of rotatable bonds is 4. The molecule has 4 rings (SSSR count). The zero-order valence-corrected chi connectivity index (χ0v) is 17.6. The number of phenols is 1. The fraction of sp³-hybridized carbons (Fsp3) is 0.391. The highest BCUT2D eigenvalue weighted by Crippen LogP contribution is 2.27. The van der Waals surface area contributed by atoms with Crippen LogP contribution in [0.2, 0.25) is 0 Å².